The Morgan fingerprint density at radius 3 is 2.61 bits per heavy atom. The van der Waals surface area contributed by atoms with Crippen molar-refractivity contribution in [1.82, 2.24) is 9.97 Å². The molecule has 1 fully saturated rings. The summed E-state index contributed by atoms with van der Waals surface area (Å²) >= 11 is 3.47. The monoisotopic (exact) mass is 313 g/mol. The number of hydrogen-bond donors (Lipinski definition) is 3. The van der Waals surface area contributed by atoms with Gasteiger partial charge in [-0.15, -0.1) is 0 Å². The maximum atomic E-state index is 5.39. The molecule has 4 N–H and O–H groups in total. The van der Waals surface area contributed by atoms with Crippen molar-refractivity contribution in [2.75, 3.05) is 10.7 Å². The van der Waals surface area contributed by atoms with Crippen molar-refractivity contribution in [3.63, 3.8) is 0 Å². The number of anilines is 2. The SMILES string of the molecule is CC1CCC(Nc2ncnc(NN)c2Br)CC1C. The summed E-state index contributed by atoms with van der Waals surface area (Å²) < 4.78 is 0.791. The van der Waals surface area contributed by atoms with Gasteiger partial charge in [-0.1, -0.05) is 13.8 Å². The molecule has 1 aliphatic rings. The Balaban J connectivity index is 2.06. The van der Waals surface area contributed by atoms with E-state index in [1.54, 1.807) is 0 Å². The molecule has 100 valence electrons. The summed E-state index contributed by atoms with van der Waals surface area (Å²) in [5.74, 6) is 8.38. The van der Waals surface area contributed by atoms with Crippen molar-refractivity contribution < 1.29 is 0 Å². The fourth-order valence-electron chi connectivity index (χ4n) is 2.44. The minimum atomic E-state index is 0.480. The van der Waals surface area contributed by atoms with Crippen LogP contribution in [0.2, 0.25) is 0 Å². The lowest BCUT2D eigenvalue weighted by Crippen LogP contribution is -2.30. The fraction of sp³-hybridized carbons (Fsp3) is 0.667. The van der Waals surface area contributed by atoms with E-state index in [2.05, 4.69) is 50.5 Å². The predicted molar refractivity (Wildman–Crippen MR) is 77.1 cm³/mol. The third-order valence-electron chi connectivity index (χ3n) is 3.87. The van der Waals surface area contributed by atoms with E-state index in [0.717, 1.165) is 22.1 Å². The van der Waals surface area contributed by atoms with Crippen molar-refractivity contribution in [2.45, 2.75) is 39.2 Å². The van der Waals surface area contributed by atoms with Gasteiger partial charge in [0.2, 0.25) is 0 Å². The normalized spacial score (nSPS) is 27.9. The zero-order valence-electron chi connectivity index (χ0n) is 10.8. The number of aromatic nitrogens is 2. The van der Waals surface area contributed by atoms with Crippen LogP contribution in [-0.4, -0.2) is 16.0 Å². The molecule has 3 unspecified atom stereocenters. The van der Waals surface area contributed by atoms with Gasteiger partial charge in [0.25, 0.3) is 0 Å². The molecule has 1 aromatic heterocycles. The molecule has 1 aliphatic carbocycles. The standard InChI is InChI=1S/C12H20BrN5/c1-7-3-4-9(5-8(7)2)17-11-10(13)12(18-14)16-6-15-11/h6-9H,3-5,14H2,1-2H3,(H2,15,16,17,18). The second-order valence-corrected chi connectivity index (χ2v) is 5.93. The van der Waals surface area contributed by atoms with E-state index < -0.39 is 0 Å². The lowest BCUT2D eigenvalue weighted by molar-refractivity contribution is 0.260. The van der Waals surface area contributed by atoms with Gasteiger partial charge in [-0.2, -0.15) is 0 Å². The lowest BCUT2D eigenvalue weighted by atomic mass is 9.79. The Labute approximate surface area is 116 Å². The number of nitrogen functional groups attached to an aromatic ring is 1. The average Bonchev–Trinajstić information content (AvgIpc) is 2.36. The highest BCUT2D eigenvalue weighted by Gasteiger charge is 2.25. The first-order valence-corrected chi connectivity index (χ1v) is 7.14. The van der Waals surface area contributed by atoms with Gasteiger partial charge in [-0.05, 0) is 47.0 Å². The largest absolute Gasteiger partial charge is 0.366 e. The molecule has 18 heavy (non-hydrogen) atoms. The number of hydrogen-bond acceptors (Lipinski definition) is 5. The Hall–Kier alpha value is -0.880. The summed E-state index contributed by atoms with van der Waals surface area (Å²) in [6, 6.07) is 0.480. The molecule has 1 saturated carbocycles. The second kappa shape index (κ2) is 5.84. The molecule has 6 heteroatoms. The van der Waals surface area contributed by atoms with Crippen LogP contribution in [0, 0.1) is 11.8 Å². The van der Waals surface area contributed by atoms with Crippen LogP contribution in [0.4, 0.5) is 11.6 Å². The second-order valence-electron chi connectivity index (χ2n) is 5.14. The highest BCUT2D eigenvalue weighted by atomic mass is 79.9. The molecule has 0 saturated heterocycles. The number of hydrazine groups is 1. The summed E-state index contributed by atoms with van der Waals surface area (Å²) in [5, 5.41) is 3.48. The van der Waals surface area contributed by atoms with Crippen molar-refractivity contribution in [1.29, 1.82) is 0 Å². The van der Waals surface area contributed by atoms with Crippen LogP contribution in [0.5, 0.6) is 0 Å². The maximum absolute atomic E-state index is 5.39. The lowest BCUT2D eigenvalue weighted by Gasteiger charge is -2.33. The summed E-state index contributed by atoms with van der Waals surface area (Å²) in [6.07, 6.45) is 5.15. The first kappa shape index (κ1) is 13.5. The third-order valence-corrected chi connectivity index (χ3v) is 4.62. The number of nitrogens with two attached hydrogens (primary N) is 1. The van der Waals surface area contributed by atoms with E-state index in [4.69, 9.17) is 5.84 Å². The zero-order chi connectivity index (χ0) is 13.1. The van der Waals surface area contributed by atoms with Crippen LogP contribution in [0.25, 0.3) is 0 Å². The number of rotatable bonds is 3. The van der Waals surface area contributed by atoms with Gasteiger partial charge in [0.05, 0.1) is 0 Å². The van der Waals surface area contributed by atoms with Gasteiger partial charge in [0.1, 0.15) is 16.6 Å². The molecule has 0 amide bonds. The first-order valence-electron chi connectivity index (χ1n) is 6.35. The molecule has 0 radical (unpaired) electrons. The van der Waals surface area contributed by atoms with Gasteiger partial charge in [-0.3, -0.25) is 0 Å². The molecule has 0 aliphatic heterocycles. The van der Waals surface area contributed by atoms with Crippen LogP contribution >= 0.6 is 15.9 Å². The van der Waals surface area contributed by atoms with Gasteiger partial charge in [0.15, 0.2) is 5.82 Å². The van der Waals surface area contributed by atoms with Crippen LogP contribution in [-0.2, 0) is 0 Å². The van der Waals surface area contributed by atoms with Crippen molar-refractivity contribution in [2.24, 2.45) is 17.7 Å². The van der Waals surface area contributed by atoms with Crippen molar-refractivity contribution >= 4 is 27.6 Å². The molecule has 1 aromatic rings. The maximum Gasteiger partial charge on any atom is 0.159 e. The van der Waals surface area contributed by atoms with Crippen LogP contribution in [0.15, 0.2) is 10.8 Å². The van der Waals surface area contributed by atoms with Gasteiger partial charge < -0.3 is 10.7 Å². The molecule has 0 aromatic carbocycles. The molecule has 0 spiro atoms. The molecular formula is C12H20BrN5. The molecular weight excluding hydrogens is 294 g/mol. The number of halogens is 1. The summed E-state index contributed by atoms with van der Waals surface area (Å²) in [5.41, 5.74) is 2.55. The number of nitrogens with zero attached hydrogens (tertiary/aromatic N) is 2. The van der Waals surface area contributed by atoms with Crippen LogP contribution < -0.4 is 16.6 Å². The van der Waals surface area contributed by atoms with Crippen LogP contribution in [0.1, 0.15) is 33.1 Å². The summed E-state index contributed by atoms with van der Waals surface area (Å²) in [7, 11) is 0. The topological polar surface area (TPSA) is 75.9 Å². The fourth-order valence-corrected chi connectivity index (χ4v) is 2.88. The quantitative estimate of drug-likeness (QED) is 0.591. The Morgan fingerprint density at radius 1 is 1.22 bits per heavy atom. The van der Waals surface area contributed by atoms with Crippen LogP contribution in [0.3, 0.4) is 0 Å². The van der Waals surface area contributed by atoms with E-state index in [1.807, 2.05) is 0 Å². The Bertz CT molecular complexity index is 411. The minimum Gasteiger partial charge on any atom is -0.366 e. The highest BCUT2D eigenvalue weighted by molar-refractivity contribution is 9.10. The Morgan fingerprint density at radius 2 is 1.94 bits per heavy atom. The highest BCUT2D eigenvalue weighted by Crippen LogP contribution is 2.33. The van der Waals surface area contributed by atoms with E-state index in [1.165, 1.54) is 25.6 Å². The van der Waals surface area contributed by atoms with E-state index in [9.17, 15) is 0 Å². The summed E-state index contributed by atoms with van der Waals surface area (Å²) in [4.78, 5) is 8.30. The minimum absolute atomic E-state index is 0.480. The summed E-state index contributed by atoms with van der Waals surface area (Å²) in [6.45, 7) is 4.65. The molecule has 1 heterocycles. The number of nitrogens with one attached hydrogen (secondary N) is 2. The van der Waals surface area contributed by atoms with E-state index >= 15 is 0 Å². The van der Waals surface area contributed by atoms with Crippen molar-refractivity contribution in [3.05, 3.63) is 10.8 Å². The first-order chi connectivity index (χ1) is 8.61. The smallest absolute Gasteiger partial charge is 0.159 e. The predicted octanol–water partition coefficient (Wildman–Crippen LogP) is 2.76. The Kier molecular flexibility index (Phi) is 4.40. The van der Waals surface area contributed by atoms with Gasteiger partial charge >= 0.3 is 0 Å². The van der Waals surface area contributed by atoms with E-state index in [-0.39, 0.29) is 0 Å². The van der Waals surface area contributed by atoms with Crippen molar-refractivity contribution in [3.8, 4) is 0 Å². The van der Waals surface area contributed by atoms with Gasteiger partial charge in [-0.25, -0.2) is 15.8 Å². The van der Waals surface area contributed by atoms with E-state index in [0.29, 0.717) is 11.9 Å². The average molecular weight is 314 g/mol. The molecule has 2 rings (SSSR count). The zero-order valence-corrected chi connectivity index (χ0v) is 12.4. The molecule has 3 atom stereocenters. The molecule has 0 bridgehead atoms. The third kappa shape index (κ3) is 2.92. The molecule has 5 nitrogen and oxygen atoms in total. The van der Waals surface area contributed by atoms with Gasteiger partial charge in [0, 0.05) is 6.04 Å².